The summed E-state index contributed by atoms with van der Waals surface area (Å²) in [6.07, 6.45) is 1.85. The fourth-order valence-corrected chi connectivity index (χ4v) is 2.58. The van der Waals surface area contributed by atoms with Crippen LogP contribution in [-0.2, 0) is 11.3 Å². The number of halogens is 1. The highest BCUT2D eigenvalue weighted by molar-refractivity contribution is 9.10. The third-order valence-electron chi connectivity index (χ3n) is 2.88. The van der Waals surface area contributed by atoms with E-state index in [1.165, 1.54) is 0 Å². The van der Waals surface area contributed by atoms with Crippen LogP contribution >= 0.6 is 15.9 Å². The molecule has 0 spiro atoms. The van der Waals surface area contributed by atoms with Crippen molar-refractivity contribution in [2.75, 3.05) is 6.61 Å². The Morgan fingerprint density at radius 2 is 2.11 bits per heavy atom. The molecule has 1 aromatic rings. The maximum atomic E-state index is 10.5. The third kappa shape index (κ3) is 3.56. The van der Waals surface area contributed by atoms with E-state index in [0.717, 1.165) is 23.1 Å². The molecule has 0 aromatic carbocycles. The summed E-state index contributed by atoms with van der Waals surface area (Å²) in [6, 6.07) is 0. The van der Waals surface area contributed by atoms with Gasteiger partial charge in [-0.1, -0.05) is 20.8 Å². The van der Waals surface area contributed by atoms with Crippen molar-refractivity contribution >= 4 is 15.9 Å². The molecule has 0 aliphatic carbocycles. The molecular weight excluding hydrogens is 296 g/mol. The SMILES string of the molecule is CCCn1ncc(Br)c1C(O)C(OCC)C(C)C. The van der Waals surface area contributed by atoms with E-state index in [-0.39, 0.29) is 12.0 Å². The summed E-state index contributed by atoms with van der Waals surface area (Å²) in [5.74, 6) is 0.247. The third-order valence-corrected chi connectivity index (χ3v) is 3.49. The number of nitrogens with zero attached hydrogens (tertiary/aromatic N) is 2. The van der Waals surface area contributed by atoms with Gasteiger partial charge in [0.1, 0.15) is 6.10 Å². The van der Waals surface area contributed by atoms with E-state index in [2.05, 4.69) is 41.8 Å². The first-order chi connectivity index (χ1) is 8.52. The van der Waals surface area contributed by atoms with Crippen LogP contribution in [0.15, 0.2) is 10.7 Å². The van der Waals surface area contributed by atoms with Gasteiger partial charge >= 0.3 is 0 Å². The van der Waals surface area contributed by atoms with Gasteiger partial charge in [0, 0.05) is 13.2 Å². The van der Waals surface area contributed by atoms with E-state index in [1.54, 1.807) is 6.20 Å². The van der Waals surface area contributed by atoms with Gasteiger partial charge in [-0.2, -0.15) is 5.10 Å². The Kier molecular flexibility index (Phi) is 6.32. The lowest BCUT2D eigenvalue weighted by atomic mass is 9.99. The van der Waals surface area contributed by atoms with Crippen molar-refractivity contribution in [3.63, 3.8) is 0 Å². The van der Waals surface area contributed by atoms with Crippen LogP contribution in [0, 0.1) is 5.92 Å². The maximum absolute atomic E-state index is 10.5. The van der Waals surface area contributed by atoms with Crippen molar-refractivity contribution in [2.45, 2.75) is 52.9 Å². The molecule has 0 amide bonds. The molecule has 0 fully saturated rings. The largest absolute Gasteiger partial charge is 0.384 e. The highest BCUT2D eigenvalue weighted by Gasteiger charge is 2.29. The highest BCUT2D eigenvalue weighted by atomic mass is 79.9. The molecule has 0 radical (unpaired) electrons. The molecule has 104 valence electrons. The Balaban J connectivity index is 2.99. The van der Waals surface area contributed by atoms with Crippen molar-refractivity contribution in [3.8, 4) is 0 Å². The molecule has 1 aromatic heterocycles. The van der Waals surface area contributed by atoms with Crippen molar-refractivity contribution in [1.82, 2.24) is 9.78 Å². The summed E-state index contributed by atoms with van der Waals surface area (Å²) in [5.41, 5.74) is 0.809. The second-order valence-corrected chi connectivity index (χ2v) is 5.56. The molecule has 0 bridgehead atoms. The Labute approximate surface area is 117 Å². The topological polar surface area (TPSA) is 47.3 Å². The van der Waals surface area contributed by atoms with Crippen molar-refractivity contribution in [3.05, 3.63) is 16.4 Å². The van der Waals surface area contributed by atoms with Gasteiger partial charge in [-0.25, -0.2) is 0 Å². The smallest absolute Gasteiger partial charge is 0.123 e. The summed E-state index contributed by atoms with van der Waals surface area (Å²) in [4.78, 5) is 0. The minimum atomic E-state index is -0.659. The lowest BCUT2D eigenvalue weighted by molar-refractivity contribution is -0.0620. The minimum Gasteiger partial charge on any atom is -0.384 e. The Hall–Kier alpha value is -0.390. The van der Waals surface area contributed by atoms with Crippen LogP contribution in [-0.4, -0.2) is 27.6 Å². The van der Waals surface area contributed by atoms with Gasteiger partial charge in [0.15, 0.2) is 0 Å². The number of aliphatic hydroxyl groups is 1. The summed E-state index contributed by atoms with van der Waals surface area (Å²) in [7, 11) is 0. The zero-order valence-electron chi connectivity index (χ0n) is 11.6. The van der Waals surface area contributed by atoms with E-state index in [9.17, 15) is 5.11 Å². The first kappa shape index (κ1) is 15.7. The summed E-state index contributed by atoms with van der Waals surface area (Å²) in [5, 5.41) is 14.8. The van der Waals surface area contributed by atoms with Crippen LogP contribution in [0.5, 0.6) is 0 Å². The molecule has 0 saturated heterocycles. The number of hydrogen-bond acceptors (Lipinski definition) is 3. The first-order valence-corrected chi connectivity index (χ1v) is 7.33. The van der Waals surface area contributed by atoms with Gasteiger partial charge < -0.3 is 9.84 Å². The predicted molar refractivity (Wildman–Crippen MR) is 75.4 cm³/mol. The van der Waals surface area contributed by atoms with Crippen LogP contribution in [0.2, 0.25) is 0 Å². The Morgan fingerprint density at radius 1 is 1.44 bits per heavy atom. The van der Waals surface area contributed by atoms with E-state index >= 15 is 0 Å². The zero-order valence-corrected chi connectivity index (χ0v) is 13.1. The second kappa shape index (κ2) is 7.26. The van der Waals surface area contributed by atoms with Crippen LogP contribution < -0.4 is 0 Å². The molecule has 2 atom stereocenters. The minimum absolute atomic E-state index is 0.210. The van der Waals surface area contributed by atoms with Gasteiger partial charge in [-0.05, 0) is 35.2 Å². The van der Waals surface area contributed by atoms with Gasteiger partial charge in [0.25, 0.3) is 0 Å². The summed E-state index contributed by atoms with van der Waals surface area (Å²) in [6.45, 7) is 9.54. The molecule has 1 N–H and O–H groups in total. The van der Waals surface area contributed by atoms with E-state index in [1.807, 2.05) is 11.6 Å². The lowest BCUT2D eigenvalue weighted by Crippen LogP contribution is -2.29. The van der Waals surface area contributed by atoms with Crippen LogP contribution in [0.4, 0.5) is 0 Å². The number of aromatic nitrogens is 2. The quantitative estimate of drug-likeness (QED) is 0.840. The van der Waals surface area contributed by atoms with Gasteiger partial charge in [0.05, 0.1) is 22.5 Å². The Bertz CT molecular complexity index is 366. The molecule has 0 saturated carbocycles. The number of aliphatic hydroxyl groups excluding tert-OH is 1. The van der Waals surface area contributed by atoms with Crippen molar-refractivity contribution in [1.29, 1.82) is 0 Å². The molecule has 1 rings (SSSR count). The van der Waals surface area contributed by atoms with Gasteiger partial charge in [-0.3, -0.25) is 4.68 Å². The van der Waals surface area contributed by atoms with Gasteiger partial charge in [-0.15, -0.1) is 0 Å². The number of aryl methyl sites for hydroxylation is 1. The fourth-order valence-electron chi connectivity index (χ4n) is 2.05. The monoisotopic (exact) mass is 318 g/mol. The van der Waals surface area contributed by atoms with Crippen molar-refractivity contribution in [2.24, 2.45) is 5.92 Å². The first-order valence-electron chi connectivity index (χ1n) is 6.53. The molecule has 2 unspecified atom stereocenters. The summed E-state index contributed by atoms with van der Waals surface area (Å²) >= 11 is 3.46. The van der Waals surface area contributed by atoms with E-state index in [0.29, 0.717) is 6.61 Å². The second-order valence-electron chi connectivity index (χ2n) is 4.71. The molecule has 4 nitrogen and oxygen atoms in total. The van der Waals surface area contributed by atoms with Crippen molar-refractivity contribution < 1.29 is 9.84 Å². The predicted octanol–water partition coefficient (Wildman–Crippen LogP) is 3.15. The van der Waals surface area contributed by atoms with E-state index < -0.39 is 6.10 Å². The average molecular weight is 319 g/mol. The van der Waals surface area contributed by atoms with E-state index in [4.69, 9.17) is 4.74 Å². The maximum Gasteiger partial charge on any atom is 0.123 e. The zero-order chi connectivity index (χ0) is 13.7. The Morgan fingerprint density at radius 3 is 2.61 bits per heavy atom. The average Bonchev–Trinajstić information content (AvgIpc) is 2.67. The standard InChI is InChI=1S/C13H23BrN2O2/c1-5-7-16-11(10(14)8-15-16)12(17)13(9(3)4)18-6-2/h8-9,12-13,17H,5-7H2,1-4H3. The summed E-state index contributed by atoms with van der Waals surface area (Å²) < 4.78 is 8.36. The number of hydrogen-bond donors (Lipinski definition) is 1. The molecular formula is C13H23BrN2O2. The molecule has 0 aliphatic heterocycles. The number of ether oxygens (including phenoxy) is 1. The fraction of sp³-hybridized carbons (Fsp3) is 0.769. The highest BCUT2D eigenvalue weighted by Crippen LogP contribution is 2.30. The molecule has 5 heteroatoms. The molecule has 0 aliphatic rings. The van der Waals surface area contributed by atoms with Crippen LogP contribution in [0.25, 0.3) is 0 Å². The number of rotatable bonds is 7. The molecule has 18 heavy (non-hydrogen) atoms. The lowest BCUT2D eigenvalue weighted by Gasteiger charge is -2.27. The normalized spacial score (nSPS) is 15.1. The molecule has 1 heterocycles. The van der Waals surface area contributed by atoms with Crippen LogP contribution in [0.1, 0.15) is 45.9 Å². The van der Waals surface area contributed by atoms with Gasteiger partial charge in [0.2, 0.25) is 0 Å². The van der Waals surface area contributed by atoms with Crippen LogP contribution in [0.3, 0.4) is 0 Å².